The molecule has 0 bridgehead atoms. The van der Waals surface area contributed by atoms with Gasteiger partial charge in [-0.15, -0.1) is 0 Å². The summed E-state index contributed by atoms with van der Waals surface area (Å²) in [5.41, 5.74) is -5.14. The van der Waals surface area contributed by atoms with E-state index < -0.39 is 21.4 Å². The molecule has 10 heteroatoms. The van der Waals surface area contributed by atoms with E-state index in [0.717, 1.165) is 12.3 Å². The smallest absolute Gasteiger partial charge is 0.493 e. The summed E-state index contributed by atoms with van der Waals surface area (Å²) in [6.07, 6.45) is 0.873. The molecule has 0 saturated heterocycles. The maximum absolute atomic E-state index is 12.3. The average molecular weight is 337 g/mol. The summed E-state index contributed by atoms with van der Waals surface area (Å²) >= 11 is 0. The van der Waals surface area contributed by atoms with Crippen molar-refractivity contribution >= 4 is 21.0 Å². The molecule has 120 valence electrons. The molecular weight excluding hydrogens is 327 g/mol. The largest absolute Gasteiger partial charge is 0.534 e. The van der Waals surface area contributed by atoms with E-state index >= 15 is 0 Å². The molecule has 0 aliphatic heterocycles. The molecule has 1 aromatic carbocycles. The van der Waals surface area contributed by atoms with E-state index in [9.17, 15) is 21.6 Å². The normalized spacial score (nSPS) is 12.2. The number of nitrogens with zero attached hydrogens (tertiary/aromatic N) is 1. The van der Waals surface area contributed by atoms with Crippen LogP contribution >= 0.6 is 0 Å². The minimum atomic E-state index is -5.74. The third kappa shape index (κ3) is 3.01. The molecule has 0 amide bonds. The molecule has 0 atom stereocenters. The first kappa shape index (κ1) is 16.1. The summed E-state index contributed by atoms with van der Waals surface area (Å²) in [5, 5.41) is 0.326. The molecule has 1 aromatic heterocycles. The van der Waals surface area contributed by atoms with Crippen molar-refractivity contribution in [1.82, 2.24) is 4.98 Å². The van der Waals surface area contributed by atoms with Crippen LogP contribution in [0, 0.1) is 0 Å². The fourth-order valence-electron chi connectivity index (χ4n) is 1.65. The van der Waals surface area contributed by atoms with Crippen LogP contribution in [-0.2, 0) is 10.1 Å². The van der Waals surface area contributed by atoms with Crippen LogP contribution in [0.5, 0.6) is 17.2 Å². The first-order chi connectivity index (χ1) is 10.2. The van der Waals surface area contributed by atoms with Crippen molar-refractivity contribution in [1.29, 1.82) is 0 Å². The zero-order valence-corrected chi connectivity index (χ0v) is 12.2. The Bertz CT molecular complexity index is 804. The molecule has 0 N–H and O–H groups in total. The van der Waals surface area contributed by atoms with Gasteiger partial charge in [0.05, 0.1) is 25.9 Å². The van der Waals surface area contributed by atoms with Crippen molar-refractivity contribution in [3.05, 3.63) is 24.4 Å². The first-order valence-electron chi connectivity index (χ1n) is 5.70. The number of fused-ring (bicyclic) bond motifs is 1. The molecule has 2 rings (SSSR count). The Morgan fingerprint density at radius 3 is 2.18 bits per heavy atom. The topological polar surface area (TPSA) is 74.7 Å². The van der Waals surface area contributed by atoms with Gasteiger partial charge in [-0.05, 0) is 12.1 Å². The van der Waals surface area contributed by atoms with Crippen LogP contribution in [0.3, 0.4) is 0 Å². The van der Waals surface area contributed by atoms with Crippen molar-refractivity contribution in [3.8, 4) is 17.2 Å². The Morgan fingerprint density at radius 1 is 1.05 bits per heavy atom. The Morgan fingerprint density at radius 2 is 1.64 bits per heavy atom. The van der Waals surface area contributed by atoms with Gasteiger partial charge in [0.25, 0.3) is 0 Å². The maximum atomic E-state index is 12.3. The average Bonchev–Trinajstić information content (AvgIpc) is 2.44. The summed E-state index contributed by atoms with van der Waals surface area (Å²) in [5.74, 6) is 0.128. The highest BCUT2D eigenvalue weighted by molar-refractivity contribution is 7.88. The Hall–Kier alpha value is -2.23. The van der Waals surface area contributed by atoms with Gasteiger partial charge in [-0.2, -0.15) is 21.6 Å². The summed E-state index contributed by atoms with van der Waals surface area (Å²) in [7, 11) is -2.95. The molecule has 0 radical (unpaired) electrons. The van der Waals surface area contributed by atoms with E-state index in [-0.39, 0.29) is 0 Å². The maximum Gasteiger partial charge on any atom is 0.534 e. The van der Waals surface area contributed by atoms with Crippen LogP contribution in [0.15, 0.2) is 24.4 Å². The summed E-state index contributed by atoms with van der Waals surface area (Å²) in [4.78, 5) is 3.84. The van der Waals surface area contributed by atoms with Crippen LogP contribution in [0.2, 0.25) is 0 Å². The van der Waals surface area contributed by atoms with Gasteiger partial charge in [-0.3, -0.25) is 4.98 Å². The predicted octanol–water partition coefficient (Wildman–Crippen LogP) is 2.48. The van der Waals surface area contributed by atoms with Gasteiger partial charge in [0.1, 0.15) is 0 Å². The second kappa shape index (κ2) is 5.52. The summed E-state index contributed by atoms with van der Waals surface area (Å²) in [6, 6.07) is 4.04. The van der Waals surface area contributed by atoms with Crippen LogP contribution in [-0.4, -0.2) is 33.1 Å². The molecular formula is C12H10F3NO5S. The summed E-state index contributed by atoms with van der Waals surface area (Å²) in [6.45, 7) is 0. The fraction of sp³-hybridized carbons (Fsp3) is 0.250. The highest BCUT2D eigenvalue weighted by atomic mass is 32.2. The van der Waals surface area contributed by atoms with E-state index in [0.29, 0.717) is 22.4 Å². The molecule has 2 aromatic rings. The van der Waals surface area contributed by atoms with Crippen molar-refractivity contribution in [2.45, 2.75) is 5.51 Å². The zero-order valence-electron chi connectivity index (χ0n) is 11.3. The monoisotopic (exact) mass is 337 g/mol. The molecule has 1 heterocycles. The van der Waals surface area contributed by atoms with Gasteiger partial charge >= 0.3 is 15.6 Å². The van der Waals surface area contributed by atoms with Crippen LogP contribution in [0.1, 0.15) is 0 Å². The lowest BCUT2D eigenvalue weighted by atomic mass is 10.2. The number of ether oxygens (including phenoxy) is 2. The molecule has 0 saturated carbocycles. The number of benzene rings is 1. The SMILES string of the molecule is COc1cc2cc(OS(=O)(=O)C(F)(F)F)cnc2cc1OC. The fourth-order valence-corrected chi connectivity index (χ4v) is 2.09. The van der Waals surface area contributed by atoms with Crippen molar-refractivity contribution < 1.29 is 35.2 Å². The molecule has 0 spiro atoms. The minimum Gasteiger partial charge on any atom is -0.493 e. The Labute approximate surface area is 123 Å². The minimum absolute atomic E-state index is 0.313. The van der Waals surface area contributed by atoms with Crippen molar-refractivity contribution in [3.63, 3.8) is 0 Å². The second-order valence-electron chi connectivity index (χ2n) is 4.05. The van der Waals surface area contributed by atoms with Gasteiger partial charge in [-0.1, -0.05) is 0 Å². The first-order valence-corrected chi connectivity index (χ1v) is 7.11. The molecule has 6 nitrogen and oxygen atoms in total. The highest BCUT2D eigenvalue weighted by Gasteiger charge is 2.48. The van der Waals surface area contributed by atoms with E-state index in [1.165, 1.54) is 26.4 Å². The van der Waals surface area contributed by atoms with Crippen LogP contribution in [0.25, 0.3) is 10.9 Å². The van der Waals surface area contributed by atoms with E-state index in [1.807, 2.05) is 0 Å². The van der Waals surface area contributed by atoms with Crippen molar-refractivity contribution in [2.24, 2.45) is 0 Å². The van der Waals surface area contributed by atoms with Crippen molar-refractivity contribution in [2.75, 3.05) is 14.2 Å². The van der Waals surface area contributed by atoms with E-state index in [4.69, 9.17) is 9.47 Å². The lowest BCUT2D eigenvalue weighted by Crippen LogP contribution is -2.28. The Balaban J connectivity index is 2.47. The number of hydrogen-bond acceptors (Lipinski definition) is 6. The number of hydrogen-bond donors (Lipinski definition) is 0. The van der Waals surface area contributed by atoms with Gasteiger partial charge in [0.2, 0.25) is 0 Å². The van der Waals surface area contributed by atoms with Crippen LogP contribution < -0.4 is 13.7 Å². The number of alkyl halides is 3. The molecule has 0 aliphatic rings. The second-order valence-corrected chi connectivity index (χ2v) is 5.59. The zero-order chi connectivity index (χ0) is 16.5. The van der Waals surface area contributed by atoms with Gasteiger partial charge in [0, 0.05) is 11.5 Å². The number of pyridine rings is 1. The molecule has 0 fully saturated rings. The van der Waals surface area contributed by atoms with E-state index in [2.05, 4.69) is 9.17 Å². The number of methoxy groups -OCH3 is 2. The van der Waals surface area contributed by atoms with E-state index in [1.54, 1.807) is 0 Å². The van der Waals surface area contributed by atoms with Gasteiger partial charge in [-0.25, -0.2) is 0 Å². The quantitative estimate of drug-likeness (QED) is 0.630. The van der Waals surface area contributed by atoms with Gasteiger partial charge < -0.3 is 13.7 Å². The lowest BCUT2D eigenvalue weighted by Gasteiger charge is -2.11. The Kier molecular flexibility index (Phi) is 4.05. The standard InChI is InChI=1S/C12H10F3NO5S/c1-19-10-4-7-3-8(21-22(17,18)12(13,14)15)6-16-9(7)5-11(10)20-2/h3-6H,1-2H3. The number of halogens is 3. The number of rotatable bonds is 4. The third-order valence-electron chi connectivity index (χ3n) is 2.65. The lowest BCUT2D eigenvalue weighted by molar-refractivity contribution is -0.0500. The number of aromatic nitrogens is 1. The van der Waals surface area contributed by atoms with Crippen LogP contribution in [0.4, 0.5) is 13.2 Å². The third-order valence-corrected chi connectivity index (χ3v) is 3.63. The highest BCUT2D eigenvalue weighted by Crippen LogP contribution is 2.33. The predicted molar refractivity (Wildman–Crippen MR) is 70.4 cm³/mol. The molecule has 0 unspecified atom stereocenters. The molecule has 0 aliphatic carbocycles. The van der Waals surface area contributed by atoms with Gasteiger partial charge in [0.15, 0.2) is 17.2 Å². The summed E-state index contributed by atoms with van der Waals surface area (Å²) < 4.78 is 72.9. The molecule has 22 heavy (non-hydrogen) atoms.